The van der Waals surface area contributed by atoms with Crippen molar-refractivity contribution in [2.45, 2.75) is 52.1 Å². The third kappa shape index (κ3) is 4.35. The van der Waals surface area contributed by atoms with Gasteiger partial charge in [-0.15, -0.1) is 0 Å². The number of fused-ring (bicyclic) bond motifs is 1. The molecule has 2 aromatic rings. The molecule has 0 unspecified atom stereocenters. The van der Waals surface area contributed by atoms with Gasteiger partial charge in [-0.1, -0.05) is 25.3 Å². The van der Waals surface area contributed by atoms with E-state index in [1.165, 1.54) is 29.3 Å². The van der Waals surface area contributed by atoms with Gasteiger partial charge in [0, 0.05) is 23.0 Å². The second-order valence-electron chi connectivity index (χ2n) is 9.00. The number of carbonyl (C=O) groups is 1. The van der Waals surface area contributed by atoms with Crippen molar-refractivity contribution in [1.29, 1.82) is 5.41 Å². The molecule has 2 aliphatic heterocycles. The minimum Gasteiger partial charge on any atom is -0.318 e. The molecule has 6 nitrogen and oxygen atoms in total. The van der Waals surface area contributed by atoms with Crippen molar-refractivity contribution in [2.24, 2.45) is 16.0 Å². The number of benzene rings is 1. The van der Waals surface area contributed by atoms with Crippen LogP contribution >= 0.6 is 11.8 Å². The number of aliphatic imine (C=N–C) groups is 1. The Morgan fingerprint density at radius 3 is 2.60 bits per heavy atom. The van der Waals surface area contributed by atoms with Crippen LogP contribution in [0.5, 0.6) is 0 Å². The van der Waals surface area contributed by atoms with Gasteiger partial charge < -0.3 is 4.57 Å². The summed E-state index contributed by atoms with van der Waals surface area (Å²) < 4.78 is 41.4. The first-order chi connectivity index (χ1) is 16.6. The lowest BCUT2D eigenvalue weighted by Gasteiger charge is -2.20. The van der Waals surface area contributed by atoms with Gasteiger partial charge in [0.15, 0.2) is 5.84 Å². The van der Waals surface area contributed by atoms with Crippen LogP contribution in [-0.4, -0.2) is 31.5 Å². The number of hydrogen-bond donors (Lipinski definition) is 1. The summed E-state index contributed by atoms with van der Waals surface area (Å²) in [5, 5.41) is 16.0. The lowest BCUT2D eigenvalue weighted by Crippen LogP contribution is -2.35. The van der Waals surface area contributed by atoms with E-state index < -0.39 is 17.6 Å². The smallest absolute Gasteiger partial charge is 0.318 e. The number of thioether (sulfide) groups is 1. The summed E-state index contributed by atoms with van der Waals surface area (Å²) in [5.41, 5.74) is 1.75. The minimum absolute atomic E-state index is 0.0396. The van der Waals surface area contributed by atoms with Gasteiger partial charge in [0.2, 0.25) is 5.17 Å². The molecular formula is C25H24F3N5OS. The molecule has 10 heteroatoms. The van der Waals surface area contributed by atoms with Crippen molar-refractivity contribution in [3.05, 3.63) is 58.4 Å². The molecule has 0 atom stereocenters. The van der Waals surface area contributed by atoms with Crippen molar-refractivity contribution in [1.82, 2.24) is 9.58 Å². The van der Waals surface area contributed by atoms with E-state index >= 15 is 0 Å². The largest absolute Gasteiger partial charge is 0.416 e. The predicted octanol–water partition coefficient (Wildman–Crippen LogP) is 6.31. The van der Waals surface area contributed by atoms with E-state index in [0.717, 1.165) is 42.9 Å². The maximum Gasteiger partial charge on any atom is 0.416 e. The number of hydrazone groups is 1. The van der Waals surface area contributed by atoms with Gasteiger partial charge in [0.1, 0.15) is 5.04 Å². The number of aromatic nitrogens is 1. The fourth-order valence-corrected chi connectivity index (χ4v) is 5.89. The molecular weight excluding hydrogens is 475 g/mol. The van der Waals surface area contributed by atoms with E-state index in [0.29, 0.717) is 33.7 Å². The number of carbonyl (C=O) groups excluding carboxylic acids is 1. The molecule has 0 saturated heterocycles. The van der Waals surface area contributed by atoms with Crippen LogP contribution in [0.4, 0.5) is 13.2 Å². The highest BCUT2D eigenvalue weighted by Crippen LogP contribution is 2.37. The highest BCUT2D eigenvalue weighted by Gasteiger charge is 2.38. The number of aryl methyl sites for hydroxylation is 1. The average molecular weight is 500 g/mol. The Morgan fingerprint density at radius 2 is 1.89 bits per heavy atom. The number of amides is 1. The highest BCUT2D eigenvalue weighted by molar-refractivity contribution is 8.27. The Hall–Kier alpha value is -3.14. The number of hydrogen-bond acceptors (Lipinski definition) is 4. The molecule has 1 N–H and O–H groups in total. The molecule has 5 rings (SSSR count). The lowest BCUT2D eigenvalue weighted by atomic mass is 9.90. The van der Waals surface area contributed by atoms with Crippen LogP contribution in [-0.2, 0) is 11.0 Å². The molecule has 1 aliphatic carbocycles. The summed E-state index contributed by atoms with van der Waals surface area (Å²) >= 11 is 1.37. The van der Waals surface area contributed by atoms with Crippen LogP contribution in [0.15, 0.2) is 46.0 Å². The summed E-state index contributed by atoms with van der Waals surface area (Å²) in [4.78, 5) is 17.0. The highest BCUT2D eigenvalue weighted by atomic mass is 32.2. The normalized spacial score (nSPS) is 20.4. The van der Waals surface area contributed by atoms with Crippen LogP contribution in [0.3, 0.4) is 0 Å². The number of rotatable bonds is 3. The Bertz CT molecular complexity index is 1310. The number of amidine groups is 2. The second-order valence-corrected chi connectivity index (χ2v) is 9.99. The third-order valence-electron chi connectivity index (χ3n) is 6.63. The number of nitrogens with zero attached hydrogens (tertiary/aromatic N) is 4. The quantitative estimate of drug-likeness (QED) is 0.503. The molecule has 182 valence electrons. The molecule has 0 bridgehead atoms. The monoisotopic (exact) mass is 499 g/mol. The van der Waals surface area contributed by atoms with E-state index in [9.17, 15) is 18.0 Å². The molecule has 1 aromatic carbocycles. The first-order valence-corrected chi connectivity index (χ1v) is 12.3. The molecule has 35 heavy (non-hydrogen) atoms. The van der Waals surface area contributed by atoms with Gasteiger partial charge in [0.25, 0.3) is 5.91 Å². The first kappa shape index (κ1) is 23.6. The number of halogens is 3. The molecule has 1 saturated carbocycles. The zero-order valence-corrected chi connectivity index (χ0v) is 20.1. The van der Waals surface area contributed by atoms with E-state index in [1.807, 2.05) is 0 Å². The van der Waals surface area contributed by atoms with Crippen molar-refractivity contribution < 1.29 is 18.0 Å². The third-order valence-corrected chi connectivity index (χ3v) is 7.70. The van der Waals surface area contributed by atoms with E-state index in [4.69, 9.17) is 5.41 Å². The van der Waals surface area contributed by atoms with Gasteiger partial charge >= 0.3 is 6.18 Å². The minimum atomic E-state index is -4.44. The van der Waals surface area contributed by atoms with Gasteiger partial charge in [-0.3, -0.25) is 10.2 Å². The van der Waals surface area contributed by atoms with Gasteiger partial charge in [-0.25, -0.2) is 0 Å². The summed E-state index contributed by atoms with van der Waals surface area (Å²) in [6.07, 6.45) is 2.77. The average Bonchev–Trinajstić information content (AvgIpc) is 3.37. The van der Waals surface area contributed by atoms with Crippen LogP contribution in [0.2, 0.25) is 0 Å². The Labute approximate surface area is 205 Å². The van der Waals surface area contributed by atoms with Gasteiger partial charge in [-0.2, -0.15) is 28.3 Å². The summed E-state index contributed by atoms with van der Waals surface area (Å²) in [5.74, 6) is -0.219. The number of nitrogens with one attached hydrogen (secondary N) is 1. The van der Waals surface area contributed by atoms with Gasteiger partial charge in [-0.05, 0) is 74.4 Å². The molecule has 0 radical (unpaired) electrons. The van der Waals surface area contributed by atoms with E-state index in [-0.39, 0.29) is 11.4 Å². The SMILES string of the molecule is Cc1cc(C=C2C(=N)N3N=C(C4CCCCC4)SC3=NC2=O)c(C)n1-c1cccc(C(F)(F)F)c1. The molecule has 1 aromatic heterocycles. The molecule has 3 aliphatic rings. The van der Waals surface area contributed by atoms with Crippen molar-refractivity contribution in [2.75, 3.05) is 0 Å². The zero-order chi connectivity index (χ0) is 24.9. The number of alkyl halides is 3. The Morgan fingerprint density at radius 1 is 1.14 bits per heavy atom. The zero-order valence-electron chi connectivity index (χ0n) is 19.3. The standard InChI is InChI=1S/C25H24F3N5OS/c1-14-11-17(15(2)32(14)19-10-6-9-18(13-19)25(26,27)28)12-20-21(29)33-24(30-22(20)34)35-23(31-33)16-7-4-3-5-8-16/h6,9-13,16,29H,3-5,7-8H2,1-2H3. The van der Waals surface area contributed by atoms with E-state index in [1.54, 1.807) is 36.6 Å². The van der Waals surface area contributed by atoms with Crippen LogP contribution in [0, 0.1) is 25.2 Å². The molecule has 3 heterocycles. The van der Waals surface area contributed by atoms with Crippen molar-refractivity contribution >= 4 is 39.8 Å². The van der Waals surface area contributed by atoms with Crippen LogP contribution in [0.25, 0.3) is 11.8 Å². The Balaban J connectivity index is 1.48. The van der Waals surface area contributed by atoms with Crippen molar-refractivity contribution in [3.8, 4) is 5.69 Å². The molecule has 1 amide bonds. The second kappa shape index (κ2) is 8.82. The fourth-order valence-electron chi connectivity index (χ4n) is 4.83. The van der Waals surface area contributed by atoms with Gasteiger partial charge in [0.05, 0.1) is 11.1 Å². The predicted molar refractivity (Wildman–Crippen MR) is 132 cm³/mol. The van der Waals surface area contributed by atoms with Crippen molar-refractivity contribution in [3.63, 3.8) is 0 Å². The summed E-state index contributed by atoms with van der Waals surface area (Å²) in [6, 6.07) is 6.91. The fraction of sp³-hybridized carbons (Fsp3) is 0.360. The Kier molecular flexibility index (Phi) is 5.94. The summed E-state index contributed by atoms with van der Waals surface area (Å²) in [7, 11) is 0. The van der Waals surface area contributed by atoms with Crippen LogP contribution in [0.1, 0.15) is 54.6 Å². The van der Waals surface area contributed by atoms with Crippen LogP contribution < -0.4 is 0 Å². The van der Waals surface area contributed by atoms with E-state index in [2.05, 4.69) is 10.1 Å². The molecule has 1 fully saturated rings. The first-order valence-electron chi connectivity index (χ1n) is 11.5. The lowest BCUT2D eigenvalue weighted by molar-refractivity contribution is -0.137. The topological polar surface area (TPSA) is 73.8 Å². The maximum absolute atomic E-state index is 13.2. The maximum atomic E-state index is 13.2. The summed E-state index contributed by atoms with van der Waals surface area (Å²) in [6.45, 7) is 3.56. The molecule has 0 spiro atoms.